The van der Waals surface area contributed by atoms with Gasteiger partial charge in [-0.05, 0) is 59.4 Å². The number of aryl methyl sites for hydroxylation is 1. The molecule has 0 spiro atoms. The number of thiophene rings is 1. The Labute approximate surface area is 159 Å². The van der Waals surface area contributed by atoms with Crippen LogP contribution in [0.25, 0.3) is 0 Å². The molecule has 2 aliphatic rings. The van der Waals surface area contributed by atoms with Crippen LogP contribution in [0.1, 0.15) is 51.0 Å². The van der Waals surface area contributed by atoms with Crippen molar-refractivity contribution in [1.82, 2.24) is 5.32 Å². The number of alkyl halides is 3. The first-order chi connectivity index (χ1) is 12.6. The standard InChI is InChI=1S/C20H20F3NO2S/c1-10-15-13(8-14-16(15)19(14,2)3)17(27-10)18(25)24-9-11-5-4-6-12(7-11)26-20(21,22)23/h4-7,14,16H,8-9H2,1-3H3,(H,24,25)/t14-,16-/m0/s1. The number of amides is 1. The van der Waals surface area contributed by atoms with Gasteiger partial charge in [0.1, 0.15) is 5.75 Å². The molecule has 7 heteroatoms. The largest absolute Gasteiger partial charge is 0.573 e. The lowest BCUT2D eigenvalue weighted by Gasteiger charge is -2.11. The van der Waals surface area contributed by atoms with Gasteiger partial charge < -0.3 is 10.1 Å². The summed E-state index contributed by atoms with van der Waals surface area (Å²) in [5.74, 6) is 0.730. The van der Waals surface area contributed by atoms with Crippen LogP contribution in [0.3, 0.4) is 0 Å². The van der Waals surface area contributed by atoms with Gasteiger partial charge in [-0.1, -0.05) is 26.0 Å². The summed E-state index contributed by atoms with van der Waals surface area (Å²) in [6.07, 6.45) is -3.79. The fourth-order valence-corrected chi connectivity index (χ4v) is 5.58. The van der Waals surface area contributed by atoms with Gasteiger partial charge in [0.25, 0.3) is 5.91 Å². The smallest absolute Gasteiger partial charge is 0.406 e. The average Bonchev–Trinajstić information content (AvgIpc) is 2.91. The minimum Gasteiger partial charge on any atom is -0.406 e. The minimum absolute atomic E-state index is 0.151. The summed E-state index contributed by atoms with van der Waals surface area (Å²) in [5.41, 5.74) is 3.39. The molecule has 1 fully saturated rings. The molecule has 1 saturated carbocycles. The average molecular weight is 395 g/mol. The van der Waals surface area contributed by atoms with Gasteiger partial charge in [0.05, 0.1) is 4.88 Å². The zero-order valence-electron chi connectivity index (χ0n) is 15.2. The molecule has 4 rings (SSSR count). The maximum atomic E-state index is 12.7. The van der Waals surface area contributed by atoms with Crippen molar-refractivity contribution in [2.24, 2.45) is 11.3 Å². The number of carbonyl (C=O) groups is 1. The molecular weight excluding hydrogens is 375 g/mol. The Hall–Kier alpha value is -2.02. The van der Waals surface area contributed by atoms with Crippen molar-refractivity contribution >= 4 is 17.2 Å². The lowest BCUT2D eigenvalue weighted by molar-refractivity contribution is -0.274. The van der Waals surface area contributed by atoms with Crippen LogP contribution in [0.2, 0.25) is 0 Å². The summed E-state index contributed by atoms with van der Waals surface area (Å²) < 4.78 is 40.9. The molecule has 0 unspecified atom stereocenters. The molecule has 2 atom stereocenters. The lowest BCUT2D eigenvalue weighted by atomic mass is 9.95. The first-order valence-electron chi connectivity index (χ1n) is 8.83. The minimum atomic E-state index is -4.73. The maximum absolute atomic E-state index is 12.7. The molecule has 0 radical (unpaired) electrons. The first-order valence-corrected chi connectivity index (χ1v) is 9.64. The first kappa shape index (κ1) is 18.3. The second kappa shape index (κ2) is 5.99. The monoisotopic (exact) mass is 395 g/mol. The molecule has 0 bridgehead atoms. The predicted octanol–water partition coefficient (Wildman–Crippen LogP) is 5.18. The second-order valence-corrected chi connectivity index (χ2v) is 9.09. The highest BCUT2D eigenvalue weighted by atomic mass is 32.1. The van der Waals surface area contributed by atoms with Crippen LogP contribution in [-0.4, -0.2) is 12.3 Å². The third-order valence-corrected chi connectivity index (χ3v) is 6.97. The van der Waals surface area contributed by atoms with Crippen molar-refractivity contribution in [3.05, 3.63) is 50.7 Å². The maximum Gasteiger partial charge on any atom is 0.573 e. The van der Waals surface area contributed by atoms with Crippen LogP contribution in [0.15, 0.2) is 24.3 Å². The van der Waals surface area contributed by atoms with Gasteiger partial charge in [0.15, 0.2) is 0 Å². The van der Waals surface area contributed by atoms with Crippen LogP contribution in [-0.2, 0) is 13.0 Å². The van der Waals surface area contributed by atoms with Gasteiger partial charge >= 0.3 is 6.36 Å². The Morgan fingerprint density at radius 3 is 2.81 bits per heavy atom. The zero-order chi connectivity index (χ0) is 19.6. The van der Waals surface area contributed by atoms with Gasteiger partial charge in [0.2, 0.25) is 0 Å². The van der Waals surface area contributed by atoms with E-state index in [1.807, 2.05) is 0 Å². The van der Waals surface area contributed by atoms with Crippen molar-refractivity contribution in [3.8, 4) is 5.75 Å². The van der Waals surface area contributed by atoms with Crippen LogP contribution in [0.4, 0.5) is 13.2 Å². The normalized spacial score (nSPS) is 22.1. The Kier molecular flexibility index (Phi) is 4.07. The van der Waals surface area contributed by atoms with E-state index in [9.17, 15) is 18.0 Å². The summed E-state index contributed by atoms with van der Waals surface area (Å²) in [4.78, 5) is 14.6. The second-order valence-electron chi connectivity index (χ2n) is 7.87. The number of halogens is 3. The van der Waals surface area contributed by atoms with E-state index in [-0.39, 0.29) is 18.2 Å². The van der Waals surface area contributed by atoms with Gasteiger partial charge in [-0.25, -0.2) is 0 Å². The SMILES string of the molecule is Cc1sc(C(=O)NCc2cccc(OC(F)(F)F)c2)c2c1[C@@H]1[C@H](C2)C1(C)C. The molecular formula is C20H20F3NO2S. The third-order valence-electron chi connectivity index (χ3n) is 5.81. The number of hydrogen-bond acceptors (Lipinski definition) is 3. The fraction of sp³-hybridized carbons (Fsp3) is 0.450. The topological polar surface area (TPSA) is 38.3 Å². The predicted molar refractivity (Wildman–Crippen MR) is 97.1 cm³/mol. The van der Waals surface area contributed by atoms with Crippen LogP contribution < -0.4 is 10.1 Å². The summed E-state index contributed by atoms with van der Waals surface area (Å²) >= 11 is 1.52. The van der Waals surface area contributed by atoms with E-state index in [0.29, 0.717) is 22.8 Å². The fourth-order valence-electron chi connectivity index (χ4n) is 4.43. The van der Waals surface area contributed by atoms with E-state index in [2.05, 4.69) is 30.8 Å². The summed E-state index contributed by atoms with van der Waals surface area (Å²) in [6.45, 7) is 6.77. The highest BCUT2D eigenvalue weighted by Gasteiger charge is 2.63. The van der Waals surface area contributed by atoms with Crippen molar-refractivity contribution < 1.29 is 22.7 Å². The Balaban J connectivity index is 1.45. The van der Waals surface area contributed by atoms with Crippen LogP contribution in [0.5, 0.6) is 5.75 Å². The van der Waals surface area contributed by atoms with Crippen molar-refractivity contribution in [3.63, 3.8) is 0 Å². The molecule has 2 aromatic rings. The van der Waals surface area contributed by atoms with Gasteiger partial charge in [-0.3, -0.25) is 4.79 Å². The number of fused-ring (bicyclic) bond motifs is 3. The molecule has 1 amide bonds. The van der Waals surface area contributed by atoms with E-state index in [4.69, 9.17) is 0 Å². The van der Waals surface area contributed by atoms with Gasteiger partial charge in [-0.2, -0.15) is 0 Å². The van der Waals surface area contributed by atoms with E-state index in [0.717, 1.165) is 11.3 Å². The van der Waals surface area contributed by atoms with Crippen LogP contribution >= 0.6 is 11.3 Å². The number of ether oxygens (including phenoxy) is 1. The number of carbonyl (C=O) groups excluding carboxylic acids is 1. The molecule has 144 valence electrons. The van der Waals surface area contributed by atoms with Gasteiger partial charge in [0, 0.05) is 11.4 Å². The van der Waals surface area contributed by atoms with E-state index in [1.165, 1.54) is 45.5 Å². The molecule has 1 aromatic heterocycles. The van der Waals surface area contributed by atoms with Crippen molar-refractivity contribution in [2.75, 3.05) is 0 Å². The Bertz CT molecular complexity index is 916. The van der Waals surface area contributed by atoms with Crippen molar-refractivity contribution in [1.29, 1.82) is 0 Å². The molecule has 27 heavy (non-hydrogen) atoms. The van der Waals surface area contributed by atoms with E-state index in [1.54, 1.807) is 6.07 Å². The molecule has 1 heterocycles. The third kappa shape index (κ3) is 3.22. The summed E-state index contributed by atoms with van der Waals surface area (Å²) in [6, 6.07) is 5.66. The quantitative estimate of drug-likeness (QED) is 0.775. The number of hydrogen-bond donors (Lipinski definition) is 1. The molecule has 1 N–H and O–H groups in total. The number of benzene rings is 1. The zero-order valence-corrected chi connectivity index (χ0v) is 16.1. The number of rotatable bonds is 4. The highest BCUT2D eigenvalue weighted by molar-refractivity contribution is 7.14. The van der Waals surface area contributed by atoms with E-state index < -0.39 is 6.36 Å². The molecule has 1 aromatic carbocycles. The summed E-state index contributed by atoms with van der Waals surface area (Å²) in [5, 5.41) is 2.83. The number of nitrogens with one attached hydrogen (secondary N) is 1. The molecule has 0 aliphatic heterocycles. The van der Waals surface area contributed by atoms with E-state index >= 15 is 0 Å². The lowest BCUT2D eigenvalue weighted by Crippen LogP contribution is -2.23. The Morgan fingerprint density at radius 1 is 1.37 bits per heavy atom. The molecule has 3 nitrogen and oxygen atoms in total. The molecule has 2 aliphatic carbocycles. The van der Waals surface area contributed by atoms with Crippen LogP contribution in [0, 0.1) is 18.3 Å². The highest BCUT2D eigenvalue weighted by Crippen LogP contribution is 2.71. The van der Waals surface area contributed by atoms with Gasteiger partial charge in [-0.15, -0.1) is 24.5 Å². The summed E-state index contributed by atoms with van der Waals surface area (Å²) in [7, 11) is 0. The molecule has 0 saturated heterocycles. The van der Waals surface area contributed by atoms with Crippen molar-refractivity contribution in [2.45, 2.75) is 46.0 Å². The Morgan fingerprint density at radius 2 is 2.11 bits per heavy atom.